The molecule has 1 spiro atoms. The third-order valence-corrected chi connectivity index (χ3v) is 6.05. The number of alkyl carbamates (subject to hydrolysis) is 1. The molecule has 2 heterocycles. The topological polar surface area (TPSA) is 149 Å². The fraction of sp³-hybridized carbons (Fsp3) is 0.478. The van der Waals surface area contributed by atoms with Crippen molar-refractivity contribution < 1.29 is 33.6 Å². The van der Waals surface area contributed by atoms with Crippen LogP contribution in [0.1, 0.15) is 54.5 Å². The molecule has 1 saturated carbocycles. The Morgan fingerprint density at radius 2 is 1.79 bits per heavy atom. The van der Waals surface area contributed by atoms with Crippen molar-refractivity contribution >= 4 is 12.1 Å². The van der Waals surface area contributed by atoms with Gasteiger partial charge in [-0.3, -0.25) is 4.79 Å². The van der Waals surface area contributed by atoms with E-state index in [2.05, 4.69) is 15.3 Å². The third kappa shape index (κ3) is 4.90. The van der Waals surface area contributed by atoms with Crippen molar-refractivity contribution in [2.75, 3.05) is 19.8 Å². The Hall–Kier alpha value is -3.44. The Morgan fingerprint density at radius 3 is 2.44 bits per heavy atom. The summed E-state index contributed by atoms with van der Waals surface area (Å²) in [4.78, 5) is 44.2. The Morgan fingerprint density at radius 1 is 1.12 bits per heavy atom. The molecule has 11 heteroatoms. The Kier molecular flexibility index (Phi) is 6.85. The van der Waals surface area contributed by atoms with Gasteiger partial charge in [0.15, 0.2) is 11.5 Å². The Labute approximate surface area is 195 Å². The molecule has 11 nitrogen and oxygen atoms in total. The highest BCUT2D eigenvalue weighted by Crippen LogP contribution is 2.44. The van der Waals surface area contributed by atoms with Crippen molar-refractivity contribution in [1.29, 1.82) is 0 Å². The number of benzene rings is 1. The summed E-state index contributed by atoms with van der Waals surface area (Å²) in [5, 5.41) is 12.9. The van der Waals surface area contributed by atoms with Crippen LogP contribution < -0.4 is 10.9 Å². The molecule has 0 bridgehead atoms. The summed E-state index contributed by atoms with van der Waals surface area (Å²) in [5.74, 6) is -2.54. The number of rotatable bonds is 6. The molecule has 2 aromatic rings. The number of carbonyl (C=O) groups is 2. The van der Waals surface area contributed by atoms with Crippen LogP contribution in [0.15, 0.2) is 35.1 Å². The van der Waals surface area contributed by atoms with Gasteiger partial charge < -0.3 is 34.4 Å². The fourth-order valence-electron chi connectivity index (χ4n) is 4.25. The van der Waals surface area contributed by atoms with Crippen molar-refractivity contribution in [2.24, 2.45) is 0 Å². The molecule has 1 aliphatic carbocycles. The van der Waals surface area contributed by atoms with Gasteiger partial charge in [-0.1, -0.05) is 30.3 Å². The summed E-state index contributed by atoms with van der Waals surface area (Å²) >= 11 is 0. The molecule has 3 N–H and O–H groups in total. The first-order valence-corrected chi connectivity index (χ1v) is 11.1. The largest absolute Gasteiger partial charge is 0.501 e. The summed E-state index contributed by atoms with van der Waals surface area (Å²) in [6, 6.07) is 9.18. The second-order valence-corrected chi connectivity index (χ2v) is 8.21. The summed E-state index contributed by atoms with van der Waals surface area (Å²) in [6.45, 7) is 2.62. The molecule has 1 aliphatic heterocycles. The van der Waals surface area contributed by atoms with Gasteiger partial charge in [-0.25, -0.2) is 14.6 Å². The normalized spacial score (nSPS) is 18.4. The van der Waals surface area contributed by atoms with Gasteiger partial charge in [0.1, 0.15) is 18.0 Å². The van der Waals surface area contributed by atoms with Crippen LogP contribution in [0.25, 0.3) is 0 Å². The number of amides is 1. The van der Waals surface area contributed by atoms with Gasteiger partial charge in [-0.05, 0) is 25.3 Å². The highest BCUT2D eigenvalue weighted by Gasteiger charge is 2.49. The Balaban J connectivity index is 1.62. The van der Waals surface area contributed by atoms with Crippen molar-refractivity contribution in [3.05, 3.63) is 57.8 Å². The fourth-order valence-corrected chi connectivity index (χ4v) is 4.25. The molecule has 1 aromatic heterocycles. The van der Waals surface area contributed by atoms with Gasteiger partial charge in [0.2, 0.25) is 5.75 Å². The van der Waals surface area contributed by atoms with Crippen LogP contribution in [-0.2, 0) is 31.1 Å². The van der Waals surface area contributed by atoms with Crippen LogP contribution in [0.2, 0.25) is 0 Å². The van der Waals surface area contributed by atoms with Gasteiger partial charge in [0, 0.05) is 12.8 Å². The van der Waals surface area contributed by atoms with Crippen LogP contribution in [-0.4, -0.2) is 52.7 Å². The van der Waals surface area contributed by atoms with Gasteiger partial charge in [-0.15, -0.1) is 0 Å². The smallest absolute Gasteiger partial charge is 0.408 e. The van der Waals surface area contributed by atoms with E-state index in [1.54, 1.807) is 6.92 Å². The zero-order valence-electron chi connectivity index (χ0n) is 18.8. The molecular formula is C23H27N3O8. The lowest BCUT2D eigenvalue weighted by molar-refractivity contribution is -0.187. The van der Waals surface area contributed by atoms with E-state index in [1.165, 1.54) is 0 Å². The zero-order chi connectivity index (χ0) is 24.2. The molecule has 0 radical (unpaired) electrons. The molecule has 2 fully saturated rings. The minimum atomic E-state index is -1.19. The second kappa shape index (κ2) is 9.82. The van der Waals surface area contributed by atoms with E-state index in [0.717, 1.165) is 5.56 Å². The molecule has 1 amide bonds. The molecule has 34 heavy (non-hydrogen) atoms. The third-order valence-electron chi connectivity index (χ3n) is 6.05. The predicted octanol–water partition coefficient (Wildman–Crippen LogP) is 2.09. The van der Waals surface area contributed by atoms with Crippen molar-refractivity contribution in [2.45, 2.75) is 50.5 Å². The monoisotopic (exact) mass is 473 g/mol. The van der Waals surface area contributed by atoms with E-state index in [-0.39, 0.29) is 31.9 Å². The molecule has 1 aromatic carbocycles. The maximum Gasteiger partial charge on any atom is 0.408 e. The first-order chi connectivity index (χ1) is 16.4. The van der Waals surface area contributed by atoms with Crippen LogP contribution >= 0.6 is 0 Å². The van der Waals surface area contributed by atoms with Crippen molar-refractivity contribution in [1.82, 2.24) is 15.3 Å². The highest BCUT2D eigenvalue weighted by atomic mass is 16.7. The number of aromatic hydroxyl groups is 1. The number of hydrogen-bond acceptors (Lipinski definition) is 9. The van der Waals surface area contributed by atoms with E-state index in [9.17, 15) is 19.5 Å². The average Bonchev–Trinajstić information content (AvgIpc) is 3.30. The Bertz CT molecular complexity index is 1090. The number of nitrogens with zero attached hydrogens (tertiary/aromatic N) is 1. The molecule has 2 aliphatic rings. The summed E-state index contributed by atoms with van der Waals surface area (Å²) in [7, 11) is 0. The molecular weight excluding hydrogens is 446 g/mol. The SMILES string of the molecule is CCOC(=O)c1nc(C2(NC(=O)OCc3ccccc3)CCC3(CC2)OCCO3)[nH]c(=O)c1O. The molecule has 182 valence electrons. The van der Waals surface area contributed by atoms with E-state index in [0.29, 0.717) is 26.1 Å². The second-order valence-electron chi connectivity index (χ2n) is 8.21. The predicted molar refractivity (Wildman–Crippen MR) is 117 cm³/mol. The van der Waals surface area contributed by atoms with Crippen molar-refractivity contribution in [3.8, 4) is 5.75 Å². The maximum absolute atomic E-state index is 12.8. The number of nitrogens with one attached hydrogen (secondary N) is 2. The lowest BCUT2D eigenvalue weighted by Crippen LogP contribution is -2.53. The summed E-state index contributed by atoms with van der Waals surface area (Å²) in [6.07, 6.45) is 0.658. The number of ether oxygens (including phenoxy) is 4. The van der Waals surface area contributed by atoms with Gasteiger partial charge in [-0.2, -0.15) is 0 Å². The quantitative estimate of drug-likeness (QED) is 0.536. The van der Waals surface area contributed by atoms with Crippen LogP contribution in [0.3, 0.4) is 0 Å². The number of H-pyrrole nitrogens is 1. The zero-order valence-corrected chi connectivity index (χ0v) is 18.8. The average molecular weight is 473 g/mol. The number of aromatic amines is 1. The molecule has 0 atom stereocenters. The molecule has 0 unspecified atom stereocenters. The molecule has 1 saturated heterocycles. The minimum absolute atomic E-state index is 0.0165. The van der Waals surface area contributed by atoms with E-state index in [4.69, 9.17) is 18.9 Å². The number of aromatic nitrogens is 2. The number of hydrogen-bond donors (Lipinski definition) is 3. The van der Waals surface area contributed by atoms with Gasteiger partial charge >= 0.3 is 12.1 Å². The maximum atomic E-state index is 12.8. The first kappa shape index (κ1) is 23.7. The summed E-state index contributed by atoms with van der Waals surface area (Å²) < 4.78 is 21.9. The summed E-state index contributed by atoms with van der Waals surface area (Å²) in [5.41, 5.74) is -1.82. The van der Waals surface area contributed by atoms with Crippen LogP contribution in [0, 0.1) is 0 Å². The lowest BCUT2D eigenvalue weighted by atomic mass is 9.78. The van der Waals surface area contributed by atoms with E-state index < -0.39 is 40.4 Å². The molecule has 4 rings (SSSR count). The highest BCUT2D eigenvalue weighted by molar-refractivity contribution is 5.90. The number of esters is 1. The first-order valence-electron chi connectivity index (χ1n) is 11.1. The van der Waals surface area contributed by atoms with Crippen LogP contribution in [0.4, 0.5) is 4.79 Å². The minimum Gasteiger partial charge on any atom is -0.501 e. The lowest BCUT2D eigenvalue weighted by Gasteiger charge is -2.43. The van der Waals surface area contributed by atoms with E-state index in [1.807, 2.05) is 30.3 Å². The number of carbonyl (C=O) groups excluding carboxylic acids is 2. The van der Waals surface area contributed by atoms with Gasteiger partial charge in [0.25, 0.3) is 5.56 Å². The van der Waals surface area contributed by atoms with Gasteiger partial charge in [0.05, 0.1) is 19.8 Å². The van der Waals surface area contributed by atoms with Crippen LogP contribution in [0.5, 0.6) is 5.75 Å². The standard InChI is InChI=1S/C23H27N3O8/c1-2-31-19(29)16-17(27)18(28)25-20(24-16)22(8-10-23(11-9-22)33-12-13-34-23)26-21(30)32-14-15-6-4-3-5-7-15/h3-7,27H,2,8-14H2,1H3,(H,26,30)(H,24,25,28). The van der Waals surface area contributed by atoms with E-state index >= 15 is 0 Å². The van der Waals surface area contributed by atoms with Crippen molar-refractivity contribution in [3.63, 3.8) is 0 Å².